The molecule has 0 aromatic heterocycles. The van der Waals surface area contributed by atoms with E-state index in [-0.39, 0.29) is 11.1 Å². The van der Waals surface area contributed by atoms with Crippen LogP contribution in [-0.2, 0) is 4.57 Å². The number of rotatable bonds is 1. The standard InChI is InChI=1S/C6H7O4P/c7-5-2-1-3-6(4-5)11(8,9)10/h1-4,7H,(H2,8,9,10). The molecule has 0 bridgehead atoms. The molecule has 0 aliphatic heterocycles. The first kappa shape index (κ1) is 8.27. The molecule has 0 unspecified atom stereocenters. The van der Waals surface area contributed by atoms with Crippen LogP contribution < -0.4 is 5.30 Å². The minimum Gasteiger partial charge on any atom is -0.508 e. The van der Waals surface area contributed by atoms with Crippen molar-refractivity contribution >= 4 is 12.9 Å². The highest BCUT2D eigenvalue weighted by molar-refractivity contribution is 7.60. The minimum absolute atomic E-state index is 0.147. The summed E-state index contributed by atoms with van der Waals surface area (Å²) in [5.74, 6) is -0.147. The zero-order valence-electron chi connectivity index (χ0n) is 5.51. The molecule has 0 amide bonds. The summed E-state index contributed by atoms with van der Waals surface area (Å²) in [5.41, 5.74) is 0. The van der Waals surface area contributed by atoms with E-state index in [0.717, 1.165) is 6.07 Å². The van der Waals surface area contributed by atoms with Gasteiger partial charge in [0.15, 0.2) is 0 Å². The van der Waals surface area contributed by atoms with Crippen molar-refractivity contribution in [3.63, 3.8) is 0 Å². The summed E-state index contributed by atoms with van der Waals surface area (Å²) in [7, 11) is -4.21. The van der Waals surface area contributed by atoms with Crippen LogP contribution in [0, 0.1) is 0 Å². The molecule has 5 heteroatoms. The van der Waals surface area contributed by atoms with Crippen molar-refractivity contribution in [3.05, 3.63) is 24.3 Å². The average molecular weight is 174 g/mol. The first-order valence-corrected chi connectivity index (χ1v) is 4.46. The lowest BCUT2D eigenvalue weighted by Gasteiger charge is -2.02. The summed E-state index contributed by atoms with van der Waals surface area (Å²) in [5, 5.41) is 8.66. The highest BCUT2D eigenvalue weighted by atomic mass is 31.2. The molecule has 0 saturated heterocycles. The molecular formula is C6H7O4P. The zero-order chi connectivity index (χ0) is 8.48. The van der Waals surface area contributed by atoms with Gasteiger partial charge in [0, 0.05) is 0 Å². The van der Waals surface area contributed by atoms with Gasteiger partial charge in [-0.15, -0.1) is 0 Å². The van der Waals surface area contributed by atoms with Crippen LogP contribution in [0.4, 0.5) is 0 Å². The number of phenolic OH excluding ortho intramolecular Hbond substituents is 1. The van der Waals surface area contributed by atoms with Gasteiger partial charge in [-0.05, 0) is 18.2 Å². The molecule has 60 valence electrons. The monoisotopic (exact) mass is 174 g/mol. The van der Waals surface area contributed by atoms with Crippen LogP contribution in [0.3, 0.4) is 0 Å². The normalized spacial score (nSPS) is 11.5. The van der Waals surface area contributed by atoms with E-state index in [2.05, 4.69) is 0 Å². The highest BCUT2D eigenvalue weighted by Crippen LogP contribution is 2.33. The van der Waals surface area contributed by atoms with Gasteiger partial charge >= 0.3 is 7.60 Å². The van der Waals surface area contributed by atoms with E-state index in [4.69, 9.17) is 14.9 Å². The van der Waals surface area contributed by atoms with Crippen LogP contribution in [-0.4, -0.2) is 14.9 Å². The zero-order valence-corrected chi connectivity index (χ0v) is 6.40. The van der Waals surface area contributed by atoms with Crippen LogP contribution in [0.15, 0.2) is 24.3 Å². The van der Waals surface area contributed by atoms with Gasteiger partial charge in [0.1, 0.15) is 5.75 Å². The predicted octanol–water partition coefficient (Wildman–Crippen LogP) is 0.195. The summed E-state index contributed by atoms with van der Waals surface area (Å²) in [6.07, 6.45) is 0. The van der Waals surface area contributed by atoms with Gasteiger partial charge in [0.25, 0.3) is 0 Å². The molecule has 0 heterocycles. The van der Waals surface area contributed by atoms with Crippen LogP contribution in [0.2, 0.25) is 0 Å². The largest absolute Gasteiger partial charge is 0.508 e. The van der Waals surface area contributed by atoms with Gasteiger partial charge in [-0.1, -0.05) is 6.07 Å². The molecule has 3 N–H and O–H groups in total. The van der Waals surface area contributed by atoms with Crippen molar-refractivity contribution in [3.8, 4) is 5.75 Å². The Hall–Kier alpha value is -0.830. The number of hydrogen-bond acceptors (Lipinski definition) is 2. The summed E-state index contributed by atoms with van der Waals surface area (Å²) in [6, 6.07) is 5.03. The lowest BCUT2D eigenvalue weighted by atomic mass is 10.3. The van der Waals surface area contributed by atoms with Crippen LogP contribution in [0.25, 0.3) is 0 Å². The van der Waals surface area contributed by atoms with Crippen LogP contribution in [0.1, 0.15) is 0 Å². The van der Waals surface area contributed by atoms with Crippen LogP contribution in [0.5, 0.6) is 5.75 Å². The van der Waals surface area contributed by atoms with Crippen LogP contribution >= 0.6 is 7.60 Å². The summed E-state index contributed by atoms with van der Waals surface area (Å²) in [4.78, 5) is 17.2. The number of aromatic hydroxyl groups is 1. The maximum Gasteiger partial charge on any atom is 0.356 e. The molecule has 1 rings (SSSR count). The van der Waals surface area contributed by atoms with E-state index in [1.165, 1.54) is 18.2 Å². The van der Waals surface area contributed by atoms with E-state index in [9.17, 15) is 4.57 Å². The lowest BCUT2D eigenvalue weighted by molar-refractivity contribution is 0.387. The lowest BCUT2D eigenvalue weighted by Crippen LogP contribution is -2.01. The van der Waals surface area contributed by atoms with Crippen molar-refractivity contribution < 1.29 is 19.5 Å². The van der Waals surface area contributed by atoms with Gasteiger partial charge in [-0.3, -0.25) is 4.57 Å². The highest BCUT2D eigenvalue weighted by Gasteiger charge is 2.16. The van der Waals surface area contributed by atoms with E-state index < -0.39 is 7.60 Å². The van der Waals surface area contributed by atoms with Crippen molar-refractivity contribution in [2.75, 3.05) is 0 Å². The Labute approximate surface area is 63.3 Å². The fourth-order valence-electron chi connectivity index (χ4n) is 0.674. The smallest absolute Gasteiger partial charge is 0.356 e. The molecular weight excluding hydrogens is 167 g/mol. The van der Waals surface area contributed by atoms with Gasteiger partial charge in [0.05, 0.1) is 5.30 Å². The summed E-state index contributed by atoms with van der Waals surface area (Å²) >= 11 is 0. The Kier molecular flexibility index (Phi) is 2.00. The quantitative estimate of drug-likeness (QED) is 0.531. The molecule has 0 spiro atoms. The maximum atomic E-state index is 10.6. The molecule has 0 aliphatic carbocycles. The second-order valence-electron chi connectivity index (χ2n) is 2.06. The van der Waals surface area contributed by atoms with Crippen molar-refractivity contribution in [2.24, 2.45) is 0 Å². The molecule has 1 aromatic rings. The third-order valence-electron chi connectivity index (χ3n) is 1.17. The molecule has 0 saturated carbocycles. The molecule has 0 atom stereocenters. The second kappa shape index (κ2) is 2.66. The fourth-order valence-corrected chi connectivity index (χ4v) is 1.25. The van der Waals surface area contributed by atoms with Gasteiger partial charge in [-0.25, -0.2) is 0 Å². The van der Waals surface area contributed by atoms with Gasteiger partial charge in [0.2, 0.25) is 0 Å². The van der Waals surface area contributed by atoms with E-state index in [1.807, 2.05) is 0 Å². The Morgan fingerprint density at radius 1 is 1.27 bits per heavy atom. The summed E-state index contributed by atoms with van der Waals surface area (Å²) in [6.45, 7) is 0. The van der Waals surface area contributed by atoms with E-state index in [0.29, 0.717) is 0 Å². The molecule has 0 radical (unpaired) electrons. The molecule has 11 heavy (non-hydrogen) atoms. The number of phenols is 1. The van der Waals surface area contributed by atoms with Crippen molar-refractivity contribution in [1.82, 2.24) is 0 Å². The average Bonchev–Trinajstić information content (AvgIpc) is 1.86. The SMILES string of the molecule is O=P(O)(O)c1cccc(O)c1. The van der Waals surface area contributed by atoms with Crippen molar-refractivity contribution in [1.29, 1.82) is 0 Å². The third kappa shape index (κ3) is 2.05. The topological polar surface area (TPSA) is 77.8 Å². The summed E-state index contributed by atoms with van der Waals surface area (Å²) < 4.78 is 10.6. The predicted molar refractivity (Wildman–Crippen MR) is 39.8 cm³/mol. The first-order valence-electron chi connectivity index (χ1n) is 2.85. The first-order chi connectivity index (χ1) is 5.00. The molecule has 4 nitrogen and oxygen atoms in total. The molecule has 0 aliphatic rings. The minimum atomic E-state index is -4.21. The van der Waals surface area contributed by atoms with Crippen molar-refractivity contribution in [2.45, 2.75) is 0 Å². The molecule has 1 aromatic carbocycles. The Bertz CT molecular complexity index is 303. The maximum absolute atomic E-state index is 10.6. The fraction of sp³-hybridized carbons (Fsp3) is 0. The Balaban J connectivity index is 3.17. The van der Waals surface area contributed by atoms with Gasteiger partial charge in [-0.2, -0.15) is 0 Å². The Morgan fingerprint density at radius 2 is 1.91 bits per heavy atom. The molecule has 0 fully saturated rings. The van der Waals surface area contributed by atoms with Gasteiger partial charge < -0.3 is 14.9 Å². The van der Waals surface area contributed by atoms with E-state index in [1.54, 1.807) is 0 Å². The Morgan fingerprint density at radius 3 is 2.27 bits per heavy atom. The van der Waals surface area contributed by atoms with E-state index >= 15 is 0 Å². The number of hydrogen-bond donors (Lipinski definition) is 3. The number of benzene rings is 1. The third-order valence-corrected chi connectivity index (χ3v) is 2.12. The second-order valence-corrected chi connectivity index (χ2v) is 3.67.